The van der Waals surface area contributed by atoms with E-state index in [4.69, 9.17) is 5.11 Å². The van der Waals surface area contributed by atoms with Crippen LogP contribution in [0, 0.1) is 0 Å². The summed E-state index contributed by atoms with van der Waals surface area (Å²) in [5.74, 6) is 0.239. The van der Waals surface area contributed by atoms with Crippen molar-refractivity contribution in [2.45, 2.75) is 23.8 Å². The second kappa shape index (κ2) is 5.59. The SMILES string of the molecule is O=S(=O)(NCC1Cc2ccccc21)c1cnn(CCO)c1. The Labute approximate surface area is 123 Å². The highest BCUT2D eigenvalue weighted by Gasteiger charge is 2.27. The van der Waals surface area contributed by atoms with Gasteiger partial charge < -0.3 is 5.11 Å². The Morgan fingerprint density at radius 2 is 2.19 bits per heavy atom. The summed E-state index contributed by atoms with van der Waals surface area (Å²) in [5, 5.41) is 12.7. The van der Waals surface area contributed by atoms with Crippen LogP contribution in [0.2, 0.25) is 0 Å². The minimum atomic E-state index is -3.55. The molecule has 0 radical (unpaired) electrons. The van der Waals surface area contributed by atoms with Crippen molar-refractivity contribution in [1.29, 1.82) is 0 Å². The number of nitrogens with zero attached hydrogens (tertiary/aromatic N) is 2. The van der Waals surface area contributed by atoms with Crippen molar-refractivity contribution >= 4 is 10.0 Å². The zero-order valence-electron chi connectivity index (χ0n) is 11.4. The van der Waals surface area contributed by atoms with Crippen molar-refractivity contribution in [2.24, 2.45) is 0 Å². The van der Waals surface area contributed by atoms with Gasteiger partial charge in [-0.1, -0.05) is 24.3 Å². The molecule has 1 heterocycles. The summed E-state index contributed by atoms with van der Waals surface area (Å²) in [6, 6.07) is 8.07. The Kier molecular flexibility index (Phi) is 3.79. The summed E-state index contributed by atoms with van der Waals surface area (Å²) in [4.78, 5) is 0.128. The van der Waals surface area contributed by atoms with E-state index in [1.54, 1.807) is 0 Å². The van der Waals surface area contributed by atoms with Gasteiger partial charge in [-0.3, -0.25) is 4.68 Å². The number of sulfonamides is 1. The number of hydrogen-bond donors (Lipinski definition) is 2. The van der Waals surface area contributed by atoms with Crippen LogP contribution in [-0.4, -0.2) is 36.5 Å². The van der Waals surface area contributed by atoms with Gasteiger partial charge in [0.1, 0.15) is 4.90 Å². The van der Waals surface area contributed by atoms with E-state index in [1.165, 1.54) is 28.2 Å². The first-order valence-corrected chi connectivity index (χ1v) is 8.29. The lowest BCUT2D eigenvalue weighted by atomic mass is 9.78. The zero-order valence-corrected chi connectivity index (χ0v) is 12.3. The van der Waals surface area contributed by atoms with Crippen molar-refractivity contribution in [3.05, 3.63) is 47.8 Å². The van der Waals surface area contributed by atoms with Gasteiger partial charge in [0.2, 0.25) is 10.0 Å². The molecule has 1 aliphatic rings. The van der Waals surface area contributed by atoms with Crippen molar-refractivity contribution in [3.8, 4) is 0 Å². The largest absolute Gasteiger partial charge is 0.394 e. The van der Waals surface area contributed by atoms with Crippen LogP contribution in [0.4, 0.5) is 0 Å². The second-order valence-electron chi connectivity index (χ2n) is 5.11. The van der Waals surface area contributed by atoms with Crippen molar-refractivity contribution in [1.82, 2.24) is 14.5 Å². The van der Waals surface area contributed by atoms with E-state index < -0.39 is 10.0 Å². The van der Waals surface area contributed by atoms with Gasteiger partial charge in [0, 0.05) is 18.7 Å². The van der Waals surface area contributed by atoms with E-state index in [0.717, 1.165) is 6.42 Å². The molecule has 3 rings (SSSR count). The number of hydrogen-bond acceptors (Lipinski definition) is 4. The minimum Gasteiger partial charge on any atom is -0.394 e. The average molecular weight is 307 g/mol. The maximum Gasteiger partial charge on any atom is 0.243 e. The first-order valence-electron chi connectivity index (χ1n) is 6.81. The summed E-state index contributed by atoms with van der Waals surface area (Å²) >= 11 is 0. The highest BCUT2D eigenvalue weighted by Crippen LogP contribution is 2.34. The van der Waals surface area contributed by atoms with E-state index in [-0.39, 0.29) is 24.0 Å². The summed E-state index contributed by atoms with van der Waals surface area (Å²) in [7, 11) is -3.55. The third kappa shape index (κ3) is 2.85. The normalized spacial score (nSPS) is 17.3. The Bertz CT molecular complexity index is 739. The molecule has 0 aliphatic heterocycles. The topological polar surface area (TPSA) is 84.2 Å². The molecular formula is C14H17N3O3S. The number of aliphatic hydroxyl groups excluding tert-OH is 1. The number of benzene rings is 1. The van der Waals surface area contributed by atoms with Crippen molar-refractivity contribution in [3.63, 3.8) is 0 Å². The van der Waals surface area contributed by atoms with Crippen molar-refractivity contribution < 1.29 is 13.5 Å². The quantitative estimate of drug-likeness (QED) is 0.813. The molecule has 6 nitrogen and oxygen atoms in total. The van der Waals surface area contributed by atoms with Gasteiger partial charge >= 0.3 is 0 Å². The number of aliphatic hydroxyl groups is 1. The van der Waals surface area contributed by atoms with Crippen molar-refractivity contribution in [2.75, 3.05) is 13.2 Å². The molecule has 1 aromatic carbocycles. The lowest BCUT2D eigenvalue weighted by molar-refractivity contribution is 0.269. The summed E-state index contributed by atoms with van der Waals surface area (Å²) < 4.78 is 28.4. The molecule has 1 atom stereocenters. The third-order valence-corrected chi connectivity index (χ3v) is 5.11. The van der Waals surface area contributed by atoms with Crippen LogP contribution in [-0.2, 0) is 23.0 Å². The molecule has 0 spiro atoms. The summed E-state index contributed by atoms with van der Waals surface area (Å²) in [6.07, 6.45) is 3.63. The molecule has 0 saturated carbocycles. The van der Waals surface area contributed by atoms with Gasteiger partial charge in [-0.25, -0.2) is 13.1 Å². The summed E-state index contributed by atoms with van der Waals surface area (Å²) in [6.45, 7) is 0.601. The standard InChI is InChI=1S/C14H17N3O3S/c18-6-5-17-10-13(9-15-17)21(19,20)16-8-12-7-11-3-1-2-4-14(11)12/h1-4,9-10,12,16,18H,5-8H2. The Balaban J connectivity index is 1.64. The predicted molar refractivity (Wildman–Crippen MR) is 77.4 cm³/mol. The molecule has 0 amide bonds. The van der Waals surface area contributed by atoms with Gasteiger partial charge in [-0.15, -0.1) is 0 Å². The fourth-order valence-electron chi connectivity index (χ4n) is 2.55. The predicted octanol–water partition coefficient (Wildman–Crippen LogP) is 0.494. The highest BCUT2D eigenvalue weighted by atomic mass is 32.2. The van der Waals surface area contributed by atoms with Gasteiger partial charge in [0.25, 0.3) is 0 Å². The Morgan fingerprint density at radius 1 is 1.38 bits per heavy atom. The molecular weight excluding hydrogens is 290 g/mol. The maximum atomic E-state index is 12.2. The van der Waals surface area contributed by atoms with E-state index in [9.17, 15) is 8.42 Å². The summed E-state index contributed by atoms with van der Waals surface area (Å²) in [5.41, 5.74) is 2.51. The van der Waals surface area contributed by atoms with Crippen LogP contribution >= 0.6 is 0 Å². The molecule has 0 saturated heterocycles. The Morgan fingerprint density at radius 3 is 2.95 bits per heavy atom. The van der Waals surface area contributed by atoms with Gasteiger partial charge in [0.05, 0.1) is 19.3 Å². The number of aromatic nitrogens is 2. The van der Waals surface area contributed by atoms with Crippen LogP contribution in [0.25, 0.3) is 0 Å². The Hall–Kier alpha value is -1.70. The lowest BCUT2D eigenvalue weighted by Gasteiger charge is -2.30. The molecule has 112 valence electrons. The molecule has 1 unspecified atom stereocenters. The van der Waals surface area contributed by atoms with Crippen LogP contribution in [0.1, 0.15) is 17.0 Å². The fraction of sp³-hybridized carbons (Fsp3) is 0.357. The molecule has 2 aromatic rings. The number of fused-ring (bicyclic) bond motifs is 1. The molecule has 1 aliphatic carbocycles. The molecule has 1 aromatic heterocycles. The molecule has 2 N–H and O–H groups in total. The average Bonchev–Trinajstić information content (AvgIpc) is 2.90. The monoisotopic (exact) mass is 307 g/mol. The highest BCUT2D eigenvalue weighted by molar-refractivity contribution is 7.89. The third-order valence-electron chi connectivity index (χ3n) is 3.73. The zero-order chi connectivity index (χ0) is 14.9. The van der Waals surface area contributed by atoms with Gasteiger partial charge in [-0.05, 0) is 17.5 Å². The van der Waals surface area contributed by atoms with Gasteiger partial charge in [-0.2, -0.15) is 5.10 Å². The van der Waals surface area contributed by atoms with E-state index in [0.29, 0.717) is 6.54 Å². The van der Waals surface area contributed by atoms with Crippen LogP contribution in [0.15, 0.2) is 41.6 Å². The second-order valence-corrected chi connectivity index (χ2v) is 6.88. The minimum absolute atomic E-state index is 0.0759. The first-order chi connectivity index (χ1) is 10.1. The van der Waals surface area contributed by atoms with E-state index in [2.05, 4.69) is 15.9 Å². The molecule has 0 fully saturated rings. The lowest BCUT2D eigenvalue weighted by Crippen LogP contribution is -2.33. The maximum absolute atomic E-state index is 12.2. The van der Waals surface area contributed by atoms with Crippen LogP contribution in [0.3, 0.4) is 0 Å². The number of nitrogens with one attached hydrogen (secondary N) is 1. The first kappa shape index (κ1) is 14.2. The fourth-order valence-corrected chi connectivity index (χ4v) is 3.58. The van der Waals surface area contributed by atoms with Crippen LogP contribution in [0.5, 0.6) is 0 Å². The number of rotatable bonds is 6. The van der Waals surface area contributed by atoms with Crippen LogP contribution < -0.4 is 4.72 Å². The molecule has 21 heavy (non-hydrogen) atoms. The smallest absolute Gasteiger partial charge is 0.243 e. The molecule has 7 heteroatoms. The van der Waals surface area contributed by atoms with E-state index in [1.807, 2.05) is 18.2 Å². The molecule has 0 bridgehead atoms. The van der Waals surface area contributed by atoms with Gasteiger partial charge in [0.15, 0.2) is 0 Å². The van der Waals surface area contributed by atoms with E-state index >= 15 is 0 Å².